The SMILES string of the molecule is Cc1ccccc1-n1c(C=Cc2cscn2)nc2csc(C)c2c1=O. The first-order valence-corrected chi connectivity index (χ1v) is 9.60. The lowest BCUT2D eigenvalue weighted by molar-refractivity contribution is 0.935. The average molecular weight is 365 g/mol. The molecule has 0 aliphatic carbocycles. The molecule has 0 radical (unpaired) electrons. The summed E-state index contributed by atoms with van der Waals surface area (Å²) < 4.78 is 1.69. The molecule has 1 aromatic carbocycles. The smallest absolute Gasteiger partial charge is 0.267 e. The fourth-order valence-electron chi connectivity index (χ4n) is 2.80. The Morgan fingerprint density at radius 2 is 1.96 bits per heavy atom. The molecular weight excluding hydrogens is 350 g/mol. The summed E-state index contributed by atoms with van der Waals surface area (Å²) in [6.45, 7) is 3.96. The van der Waals surface area contributed by atoms with Crippen LogP contribution < -0.4 is 5.56 Å². The van der Waals surface area contributed by atoms with Gasteiger partial charge in [-0.3, -0.25) is 9.36 Å². The van der Waals surface area contributed by atoms with Gasteiger partial charge in [-0.2, -0.15) is 0 Å². The first-order chi connectivity index (χ1) is 12.1. The van der Waals surface area contributed by atoms with Crippen LogP contribution in [-0.4, -0.2) is 14.5 Å². The highest BCUT2D eigenvalue weighted by atomic mass is 32.1. The zero-order valence-electron chi connectivity index (χ0n) is 13.8. The van der Waals surface area contributed by atoms with Crippen LogP contribution in [0.1, 0.15) is 22.0 Å². The predicted molar refractivity (Wildman–Crippen MR) is 106 cm³/mol. The summed E-state index contributed by atoms with van der Waals surface area (Å²) in [5, 5.41) is 4.59. The van der Waals surface area contributed by atoms with Gasteiger partial charge in [0, 0.05) is 15.6 Å². The predicted octanol–water partition coefficient (Wildman–Crippen LogP) is 4.69. The second-order valence-electron chi connectivity index (χ2n) is 5.70. The van der Waals surface area contributed by atoms with Crippen molar-refractivity contribution in [3.8, 4) is 5.69 Å². The van der Waals surface area contributed by atoms with E-state index in [-0.39, 0.29) is 5.56 Å². The Kier molecular flexibility index (Phi) is 4.07. The molecule has 3 aromatic heterocycles. The van der Waals surface area contributed by atoms with E-state index >= 15 is 0 Å². The standard InChI is InChI=1S/C19H15N3OS2/c1-12-5-3-4-6-16(12)22-17(8-7-14-9-24-11-20-14)21-15-10-25-13(2)18(15)19(22)23/h3-11H,1-2H3. The van der Waals surface area contributed by atoms with Crippen LogP contribution in [0.5, 0.6) is 0 Å². The van der Waals surface area contributed by atoms with E-state index in [2.05, 4.69) is 4.98 Å². The molecule has 0 amide bonds. The third-order valence-corrected chi connectivity index (χ3v) is 5.55. The molecule has 3 heterocycles. The number of nitrogens with zero attached hydrogens (tertiary/aromatic N) is 3. The first kappa shape index (κ1) is 15.9. The molecule has 0 atom stereocenters. The normalized spacial score (nSPS) is 11.6. The fourth-order valence-corrected chi connectivity index (χ4v) is 4.09. The summed E-state index contributed by atoms with van der Waals surface area (Å²) in [7, 11) is 0. The maximum absolute atomic E-state index is 13.2. The van der Waals surface area contributed by atoms with Gasteiger partial charge in [0.15, 0.2) is 0 Å². The molecule has 4 rings (SSSR count). The van der Waals surface area contributed by atoms with Crippen LogP contribution in [0.4, 0.5) is 0 Å². The topological polar surface area (TPSA) is 47.8 Å². The number of hydrogen-bond acceptors (Lipinski definition) is 5. The highest BCUT2D eigenvalue weighted by molar-refractivity contribution is 7.11. The Labute approximate surface area is 152 Å². The third-order valence-electron chi connectivity index (χ3n) is 4.05. The summed E-state index contributed by atoms with van der Waals surface area (Å²) in [6, 6.07) is 7.86. The van der Waals surface area contributed by atoms with Crippen LogP contribution in [0.3, 0.4) is 0 Å². The molecule has 0 unspecified atom stereocenters. The number of benzene rings is 1. The zero-order chi connectivity index (χ0) is 17.4. The first-order valence-electron chi connectivity index (χ1n) is 7.78. The summed E-state index contributed by atoms with van der Waals surface area (Å²) in [5.74, 6) is 0.609. The van der Waals surface area contributed by atoms with E-state index in [1.54, 1.807) is 21.4 Å². The molecule has 0 bridgehead atoms. The van der Waals surface area contributed by atoms with E-state index in [1.165, 1.54) is 11.3 Å². The molecule has 0 spiro atoms. The molecule has 0 aliphatic heterocycles. The lowest BCUT2D eigenvalue weighted by Crippen LogP contribution is -2.23. The highest BCUT2D eigenvalue weighted by Crippen LogP contribution is 2.23. The highest BCUT2D eigenvalue weighted by Gasteiger charge is 2.15. The Bertz CT molecular complexity index is 1140. The lowest BCUT2D eigenvalue weighted by atomic mass is 10.2. The van der Waals surface area contributed by atoms with E-state index in [0.717, 1.165) is 27.3 Å². The number of fused-ring (bicyclic) bond motifs is 1. The van der Waals surface area contributed by atoms with Crippen molar-refractivity contribution in [3.63, 3.8) is 0 Å². The number of hydrogen-bond donors (Lipinski definition) is 0. The van der Waals surface area contributed by atoms with Gasteiger partial charge in [-0.15, -0.1) is 22.7 Å². The number of thiophene rings is 1. The van der Waals surface area contributed by atoms with E-state index in [9.17, 15) is 4.79 Å². The van der Waals surface area contributed by atoms with Crippen molar-refractivity contribution < 1.29 is 0 Å². The van der Waals surface area contributed by atoms with E-state index in [4.69, 9.17) is 4.98 Å². The van der Waals surface area contributed by atoms with Crippen molar-refractivity contribution in [2.75, 3.05) is 0 Å². The summed E-state index contributed by atoms with van der Waals surface area (Å²) in [5.41, 5.74) is 5.24. The van der Waals surface area contributed by atoms with Crippen LogP contribution in [0, 0.1) is 13.8 Å². The van der Waals surface area contributed by atoms with Crippen molar-refractivity contribution in [1.82, 2.24) is 14.5 Å². The van der Waals surface area contributed by atoms with Crippen LogP contribution in [0.2, 0.25) is 0 Å². The van der Waals surface area contributed by atoms with Crippen LogP contribution >= 0.6 is 22.7 Å². The minimum absolute atomic E-state index is 0.0315. The number of aromatic nitrogens is 3. The van der Waals surface area contributed by atoms with Gasteiger partial charge in [-0.05, 0) is 37.6 Å². The number of rotatable bonds is 3. The van der Waals surface area contributed by atoms with Gasteiger partial charge < -0.3 is 0 Å². The summed E-state index contributed by atoms with van der Waals surface area (Å²) in [6.07, 6.45) is 3.74. The molecule has 0 saturated carbocycles. The minimum Gasteiger partial charge on any atom is -0.268 e. The van der Waals surface area contributed by atoms with Gasteiger partial charge in [0.1, 0.15) is 5.82 Å². The molecule has 0 fully saturated rings. The molecule has 0 saturated heterocycles. The van der Waals surface area contributed by atoms with Crippen molar-refractivity contribution in [2.24, 2.45) is 0 Å². The zero-order valence-corrected chi connectivity index (χ0v) is 15.4. The number of thiazole rings is 1. The van der Waals surface area contributed by atoms with E-state index in [0.29, 0.717) is 11.2 Å². The second-order valence-corrected chi connectivity index (χ2v) is 7.50. The van der Waals surface area contributed by atoms with E-state index < -0.39 is 0 Å². The molecule has 6 heteroatoms. The second kappa shape index (κ2) is 6.38. The number of aryl methyl sites for hydroxylation is 2. The third kappa shape index (κ3) is 2.83. The molecular formula is C19H15N3OS2. The van der Waals surface area contributed by atoms with E-state index in [1.807, 2.05) is 61.0 Å². The molecule has 4 nitrogen and oxygen atoms in total. The van der Waals surface area contributed by atoms with Crippen LogP contribution in [0.25, 0.3) is 28.7 Å². The number of para-hydroxylation sites is 1. The van der Waals surface area contributed by atoms with Crippen LogP contribution in [0.15, 0.2) is 45.3 Å². The van der Waals surface area contributed by atoms with Crippen molar-refractivity contribution in [1.29, 1.82) is 0 Å². The fraction of sp³-hybridized carbons (Fsp3) is 0.105. The van der Waals surface area contributed by atoms with Crippen molar-refractivity contribution in [2.45, 2.75) is 13.8 Å². The van der Waals surface area contributed by atoms with Gasteiger partial charge in [0.2, 0.25) is 0 Å². The quantitative estimate of drug-likeness (QED) is 0.529. The Balaban J connectivity index is 2.02. The molecule has 25 heavy (non-hydrogen) atoms. The molecule has 124 valence electrons. The van der Waals surface area contributed by atoms with Gasteiger partial charge in [0.25, 0.3) is 5.56 Å². The summed E-state index contributed by atoms with van der Waals surface area (Å²) in [4.78, 5) is 23.2. The van der Waals surface area contributed by atoms with Crippen molar-refractivity contribution in [3.05, 3.63) is 72.8 Å². The largest absolute Gasteiger partial charge is 0.268 e. The van der Waals surface area contributed by atoms with Gasteiger partial charge in [0.05, 0.1) is 27.8 Å². The Hall–Kier alpha value is -2.57. The lowest BCUT2D eigenvalue weighted by Gasteiger charge is -2.12. The maximum atomic E-state index is 13.2. The Morgan fingerprint density at radius 3 is 2.72 bits per heavy atom. The van der Waals surface area contributed by atoms with Gasteiger partial charge in [-0.1, -0.05) is 18.2 Å². The monoisotopic (exact) mass is 365 g/mol. The van der Waals surface area contributed by atoms with Gasteiger partial charge >= 0.3 is 0 Å². The maximum Gasteiger partial charge on any atom is 0.267 e. The molecule has 0 aliphatic rings. The average Bonchev–Trinajstić information content (AvgIpc) is 3.24. The molecule has 0 N–H and O–H groups in total. The Morgan fingerprint density at radius 1 is 1.12 bits per heavy atom. The summed E-state index contributed by atoms with van der Waals surface area (Å²) >= 11 is 3.09. The van der Waals surface area contributed by atoms with Crippen molar-refractivity contribution >= 4 is 45.7 Å². The minimum atomic E-state index is -0.0315. The molecule has 4 aromatic rings. The van der Waals surface area contributed by atoms with Crippen LogP contribution in [-0.2, 0) is 0 Å². The van der Waals surface area contributed by atoms with Gasteiger partial charge in [-0.25, -0.2) is 9.97 Å².